The molecule has 128 valence electrons. The summed E-state index contributed by atoms with van der Waals surface area (Å²) in [5, 5.41) is 10.5. The Morgan fingerprint density at radius 1 is 1.29 bits per heavy atom. The summed E-state index contributed by atoms with van der Waals surface area (Å²) in [5.74, 6) is 1.41. The second-order valence-corrected chi connectivity index (χ2v) is 7.03. The number of hydrogen-bond acceptors (Lipinski definition) is 6. The van der Waals surface area contributed by atoms with Crippen molar-refractivity contribution in [2.75, 3.05) is 27.5 Å². The van der Waals surface area contributed by atoms with Crippen molar-refractivity contribution in [3.63, 3.8) is 0 Å². The van der Waals surface area contributed by atoms with E-state index in [2.05, 4.69) is 24.1 Å². The number of hydrogen-bond donors (Lipinski definition) is 1. The number of rotatable bonds is 1. The SMILES string of the molecule is CO[C@@H]1C=C[C@]23c4cc5c(cc4[C@H](O)O[C@@H]2CN(C)[C@H]3C1)OCO5. The molecule has 1 fully saturated rings. The number of fused-ring (bicyclic) bond motifs is 2. The van der Waals surface area contributed by atoms with E-state index < -0.39 is 6.29 Å². The van der Waals surface area contributed by atoms with Crippen molar-refractivity contribution in [1.29, 1.82) is 0 Å². The van der Waals surface area contributed by atoms with E-state index in [1.165, 1.54) is 0 Å². The van der Waals surface area contributed by atoms with Gasteiger partial charge in [0, 0.05) is 25.3 Å². The molecule has 1 spiro atoms. The Hall–Kier alpha value is -1.60. The molecule has 3 aliphatic heterocycles. The standard InChI is InChI=1S/C18H21NO5/c1-19-8-16-18(4-3-10(21-2)5-15(18)19)12-7-14-13(22-9-23-14)6-11(12)17(20)24-16/h3-4,6-7,10,15-17,20H,5,8-9H2,1-2H3/t10-,15+,16-,17-,18-/m1/s1. The zero-order valence-corrected chi connectivity index (χ0v) is 13.8. The van der Waals surface area contributed by atoms with Gasteiger partial charge in [0.15, 0.2) is 17.8 Å². The average molecular weight is 331 g/mol. The summed E-state index contributed by atoms with van der Waals surface area (Å²) in [4.78, 5) is 2.31. The van der Waals surface area contributed by atoms with E-state index in [4.69, 9.17) is 18.9 Å². The van der Waals surface area contributed by atoms with Gasteiger partial charge < -0.3 is 24.1 Å². The maximum absolute atomic E-state index is 10.5. The fourth-order valence-electron chi connectivity index (χ4n) is 4.82. The smallest absolute Gasteiger partial charge is 0.231 e. The monoisotopic (exact) mass is 331 g/mol. The average Bonchev–Trinajstić information content (AvgIpc) is 3.16. The molecule has 6 heteroatoms. The third-order valence-electron chi connectivity index (χ3n) is 5.99. The predicted molar refractivity (Wildman–Crippen MR) is 85.0 cm³/mol. The number of methoxy groups -OCH3 is 1. The Balaban J connectivity index is 1.73. The van der Waals surface area contributed by atoms with Gasteiger partial charge >= 0.3 is 0 Å². The first kappa shape index (κ1) is 14.7. The lowest BCUT2D eigenvalue weighted by molar-refractivity contribution is -0.160. The number of aliphatic hydroxyl groups is 1. The van der Waals surface area contributed by atoms with Gasteiger partial charge in [-0.25, -0.2) is 0 Å². The highest BCUT2D eigenvalue weighted by atomic mass is 16.7. The van der Waals surface area contributed by atoms with Gasteiger partial charge in [-0.05, 0) is 31.2 Å². The number of aliphatic hydroxyl groups excluding tert-OH is 1. The van der Waals surface area contributed by atoms with Gasteiger partial charge in [0.25, 0.3) is 0 Å². The summed E-state index contributed by atoms with van der Waals surface area (Å²) in [7, 11) is 3.85. The van der Waals surface area contributed by atoms with E-state index in [1.54, 1.807) is 7.11 Å². The molecule has 24 heavy (non-hydrogen) atoms. The Bertz CT molecular complexity index is 720. The van der Waals surface area contributed by atoms with Crippen LogP contribution in [0.1, 0.15) is 23.8 Å². The van der Waals surface area contributed by atoms with Crippen LogP contribution in [0.4, 0.5) is 0 Å². The van der Waals surface area contributed by atoms with Crippen molar-refractivity contribution in [3.8, 4) is 11.5 Å². The van der Waals surface area contributed by atoms with Crippen LogP contribution in [0.2, 0.25) is 0 Å². The topological polar surface area (TPSA) is 60.4 Å². The van der Waals surface area contributed by atoms with E-state index in [0.29, 0.717) is 5.75 Å². The Morgan fingerprint density at radius 2 is 2.08 bits per heavy atom. The van der Waals surface area contributed by atoms with E-state index in [1.807, 2.05) is 12.1 Å². The number of nitrogens with zero attached hydrogens (tertiary/aromatic N) is 1. The van der Waals surface area contributed by atoms with Gasteiger partial charge in [0.05, 0.1) is 17.6 Å². The third kappa shape index (κ3) is 1.74. The van der Waals surface area contributed by atoms with Crippen molar-refractivity contribution in [3.05, 3.63) is 35.4 Å². The zero-order valence-electron chi connectivity index (χ0n) is 13.8. The van der Waals surface area contributed by atoms with Crippen LogP contribution >= 0.6 is 0 Å². The van der Waals surface area contributed by atoms with Crippen LogP contribution in [-0.4, -0.2) is 55.8 Å². The molecule has 1 saturated heterocycles. The maximum Gasteiger partial charge on any atom is 0.231 e. The highest BCUT2D eigenvalue weighted by Crippen LogP contribution is 2.54. The molecule has 4 aliphatic rings. The quantitative estimate of drug-likeness (QED) is 0.784. The molecule has 1 aromatic rings. The number of likely N-dealkylation sites (N-methyl/N-ethyl adjacent to an activating group) is 1. The van der Waals surface area contributed by atoms with Crippen molar-refractivity contribution in [1.82, 2.24) is 4.90 Å². The predicted octanol–water partition coefficient (Wildman–Crippen LogP) is 1.33. The minimum atomic E-state index is -0.939. The van der Waals surface area contributed by atoms with Crippen LogP contribution in [0.3, 0.4) is 0 Å². The van der Waals surface area contributed by atoms with Gasteiger partial charge in [0.1, 0.15) is 0 Å². The fraction of sp³-hybridized carbons (Fsp3) is 0.556. The Kier molecular flexibility index (Phi) is 3.04. The highest BCUT2D eigenvalue weighted by Gasteiger charge is 2.59. The van der Waals surface area contributed by atoms with E-state index >= 15 is 0 Å². The first-order chi connectivity index (χ1) is 11.6. The van der Waals surface area contributed by atoms with E-state index in [0.717, 1.165) is 29.8 Å². The van der Waals surface area contributed by atoms with Crippen molar-refractivity contribution >= 4 is 0 Å². The fourth-order valence-corrected chi connectivity index (χ4v) is 4.82. The van der Waals surface area contributed by atoms with Crippen molar-refractivity contribution in [2.24, 2.45) is 0 Å². The molecule has 0 bridgehead atoms. The molecule has 5 atom stereocenters. The molecular formula is C18H21NO5. The summed E-state index contributed by atoms with van der Waals surface area (Å²) in [6, 6.07) is 4.14. The van der Waals surface area contributed by atoms with Crippen LogP contribution in [0.25, 0.3) is 0 Å². The molecule has 1 aliphatic carbocycles. The minimum Gasteiger partial charge on any atom is -0.454 e. The molecule has 0 saturated carbocycles. The van der Waals surface area contributed by atoms with Gasteiger partial charge in [0.2, 0.25) is 6.79 Å². The van der Waals surface area contributed by atoms with E-state index in [9.17, 15) is 5.11 Å². The molecule has 0 amide bonds. The number of benzene rings is 1. The molecule has 1 N–H and O–H groups in total. The number of likely N-dealkylation sites (tertiary alicyclic amines) is 1. The Morgan fingerprint density at radius 3 is 2.88 bits per heavy atom. The normalized spacial score (nSPS) is 39.5. The van der Waals surface area contributed by atoms with Crippen LogP contribution in [0, 0.1) is 0 Å². The molecule has 6 nitrogen and oxygen atoms in total. The summed E-state index contributed by atoms with van der Waals surface area (Å²) in [6.45, 7) is 0.993. The first-order valence-corrected chi connectivity index (χ1v) is 8.33. The summed E-state index contributed by atoms with van der Waals surface area (Å²) < 4.78 is 22.6. The lowest BCUT2D eigenvalue weighted by Gasteiger charge is -2.46. The van der Waals surface area contributed by atoms with Gasteiger partial charge in [-0.15, -0.1) is 0 Å². The first-order valence-electron chi connectivity index (χ1n) is 8.33. The maximum atomic E-state index is 10.5. The molecular weight excluding hydrogens is 310 g/mol. The van der Waals surface area contributed by atoms with Gasteiger partial charge in [-0.3, -0.25) is 4.90 Å². The van der Waals surface area contributed by atoms with Crippen LogP contribution in [0.15, 0.2) is 24.3 Å². The van der Waals surface area contributed by atoms with E-state index in [-0.39, 0.29) is 30.5 Å². The third-order valence-corrected chi connectivity index (χ3v) is 5.99. The van der Waals surface area contributed by atoms with Crippen LogP contribution < -0.4 is 9.47 Å². The molecule has 1 aromatic carbocycles. The van der Waals surface area contributed by atoms with Crippen molar-refractivity contribution < 1.29 is 24.1 Å². The summed E-state index contributed by atoms with van der Waals surface area (Å²) >= 11 is 0. The summed E-state index contributed by atoms with van der Waals surface area (Å²) in [5.41, 5.74) is 1.56. The van der Waals surface area contributed by atoms with Crippen LogP contribution in [0.5, 0.6) is 11.5 Å². The minimum absolute atomic E-state index is 0.0931. The second-order valence-electron chi connectivity index (χ2n) is 7.03. The number of ether oxygens (including phenoxy) is 4. The lowest BCUT2D eigenvalue weighted by atomic mass is 9.65. The molecule has 0 radical (unpaired) electrons. The zero-order chi connectivity index (χ0) is 16.5. The van der Waals surface area contributed by atoms with Gasteiger partial charge in [-0.2, -0.15) is 0 Å². The summed E-state index contributed by atoms with van der Waals surface area (Å²) in [6.07, 6.45) is 4.31. The van der Waals surface area contributed by atoms with Crippen LogP contribution in [-0.2, 0) is 14.9 Å². The van der Waals surface area contributed by atoms with Gasteiger partial charge in [-0.1, -0.05) is 12.2 Å². The second kappa shape index (κ2) is 4.95. The highest BCUT2D eigenvalue weighted by molar-refractivity contribution is 5.56. The Labute approximate surface area is 140 Å². The van der Waals surface area contributed by atoms with Crippen molar-refractivity contribution in [2.45, 2.75) is 36.4 Å². The molecule has 5 rings (SSSR count). The lowest BCUT2D eigenvalue weighted by Crippen LogP contribution is -2.52. The molecule has 3 heterocycles. The molecule has 0 unspecified atom stereocenters. The molecule has 0 aromatic heterocycles. The largest absolute Gasteiger partial charge is 0.454 e.